The summed E-state index contributed by atoms with van der Waals surface area (Å²) in [6.07, 6.45) is 0.849. The predicted octanol–water partition coefficient (Wildman–Crippen LogP) is 2.34. The summed E-state index contributed by atoms with van der Waals surface area (Å²) in [5.74, 6) is 0.00274. The predicted molar refractivity (Wildman–Crippen MR) is 74.4 cm³/mol. The highest BCUT2D eigenvalue weighted by atomic mass is 32.1. The van der Waals surface area contributed by atoms with Crippen LogP contribution in [0.2, 0.25) is 0 Å². The average molecular weight is 277 g/mol. The Morgan fingerprint density at radius 2 is 2.11 bits per heavy atom. The molecule has 1 heterocycles. The van der Waals surface area contributed by atoms with Crippen molar-refractivity contribution in [2.24, 2.45) is 0 Å². The number of aliphatic carboxylic acids is 1. The van der Waals surface area contributed by atoms with E-state index in [1.54, 1.807) is 0 Å². The van der Waals surface area contributed by atoms with E-state index in [1.807, 2.05) is 31.2 Å². The van der Waals surface area contributed by atoms with Gasteiger partial charge in [-0.3, -0.25) is 4.79 Å². The monoisotopic (exact) mass is 277 g/mol. The minimum atomic E-state index is -0.823. The average Bonchev–Trinajstić information content (AvgIpc) is 2.85. The standard InChI is InChI=1S/C13H15N3O2S/c1-2-11-15-13(19-16-11)14-8-10-6-4-3-5-9(10)7-12(17)18/h3-6H,2,7-8H2,1H3,(H,17,18)(H,14,15,16). The van der Waals surface area contributed by atoms with Crippen LogP contribution in [0.5, 0.6) is 0 Å². The van der Waals surface area contributed by atoms with E-state index >= 15 is 0 Å². The number of carboxylic acid groups (broad SMARTS) is 1. The van der Waals surface area contributed by atoms with Crippen LogP contribution in [0.25, 0.3) is 0 Å². The van der Waals surface area contributed by atoms with E-state index in [2.05, 4.69) is 14.7 Å². The molecule has 0 amide bonds. The fraction of sp³-hybridized carbons (Fsp3) is 0.308. The molecule has 19 heavy (non-hydrogen) atoms. The zero-order chi connectivity index (χ0) is 13.7. The fourth-order valence-corrected chi connectivity index (χ4v) is 2.35. The quantitative estimate of drug-likeness (QED) is 0.847. The van der Waals surface area contributed by atoms with E-state index < -0.39 is 5.97 Å². The van der Waals surface area contributed by atoms with Crippen LogP contribution in [0.1, 0.15) is 23.9 Å². The Hall–Kier alpha value is -1.95. The molecule has 0 saturated carbocycles. The number of carboxylic acids is 1. The van der Waals surface area contributed by atoms with Gasteiger partial charge < -0.3 is 10.4 Å². The van der Waals surface area contributed by atoms with Crippen molar-refractivity contribution in [2.45, 2.75) is 26.3 Å². The smallest absolute Gasteiger partial charge is 0.307 e. The molecule has 6 heteroatoms. The molecule has 2 aromatic rings. The van der Waals surface area contributed by atoms with Crippen molar-refractivity contribution >= 4 is 22.6 Å². The molecule has 1 aromatic heterocycles. The lowest BCUT2D eigenvalue weighted by Crippen LogP contribution is -2.07. The Morgan fingerprint density at radius 3 is 2.74 bits per heavy atom. The van der Waals surface area contributed by atoms with Gasteiger partial charge in [0.15, 0.2) is 0 Å². The Kier molecular flexibility index (Phi) is 4.46. The second-order valence-electron chi connectivity index (χ2n) is 4.06. The summed E-state index contributed by atoms with van der Waals surface area (Å²) in [6.45, 7) is 2.57. The molecule has 5 nitrogen and oxygen atoms in total. The van der Waals surface area contributed by atoms with Gasteiger partial charge in [-0.25, -0.2) is 4.98 Å². The van der Waals surface area contributed by atoms with Crippen LogP contribution >= 0.6 is 11.5 Å². The number of hydrogen-bond donors (Lipinski definition) is 2. The molecular weight excluding hydrogens is 262 g/mol. The molecule has 0 radical (unpaired) electrons. The Bertz CT molecular complexity index is 569. The van der Waals surface area contributed by atoms with Gasteiger partial charge in [-0.2, -0.15) is 4.37 Å². The van der Waals surface area contributed by atoms with Crippen molar-refractivity contribution in [1.82, 2.24) is 9.36 Å². The zero-order valence-corrected chi connectivity index (χ0v) is 11.4. The maximum atomic E-state index is 10.8. The fourth-order valence-electron chi connectivity index (χ4n) is 1.71. The number of rotatable bonds is 6. The van der Waals surface area contributed by atoms with E-state index in [9.17, 15) is 4.79 Å². The normalized spacial score (nSPS) is 10.4. The number of carbonyl (C=O) groups is 1. The number of hydrogen-bond acceptors (Lipinski definition) is 5. The summed E-state index contributed by atoms with van der Waals surface area (Å²) < 4.78 is 4.19. The van der Waals surface area contributed by atoms with Crippen LogP contribution in [-0.4, -0.2) is 20.4 Å². The number of nitrogens with zero attached hydrogens (tertiary/aromatic N) is 2. The number of anilines is 1. The van der Waals surface area contributed by atoms with Crippen LogP contribution in [0.15, 0.2) is 24.3 Å². The highest BCUT2D eigenvalue weighted by molar-refractivity contribution is 7.09. The number of aryl methyl sites for hydroxylation is 1. The largest absolute Gasteiger partial charge is 0.481 e. The lowest BCUT2D eigenvalue weighted by atomic mass is 10.0. The lowest BCUT2D eigenvalue weighted by molar-refractivity contribution is -0.136. The van der Waals surface area contributed by atoms with Crippen molar-refractivity contribution < 1.29 is 9.90 Å². The van der Waals surface area contributed by atoms with Crippen LogP contribution in [0, 0.1) is 0 Å². The Balaban J connectivity index is 2.04. The molecule has 2 rings (SSSR count). The summed E-state index contributed by atoms with van der Waals surface area (Å²) in [4.78, 5) is 15.1. The molecule has 0 unspecified atom stereocenters. The molecule has 0 saturated heterocycles. The Morgan fingerprint density at radius 1 is 1.37 bits per heavy atom. The van der Waals surface area contributed by atoms with Crippen LogP contribution in [0.4, 0.5) is 5.13 Å². The number of benzene rings is 1. The topological polar surface area (TPSA) is 75.1 Å². The van der Waals surface area contributed by atoms with Gasteiger partial charge in [0.2, 0.25) is 5.13 Å². The van der Waals surface area contributed by atoms with Crippen LogP contribution < -0.4 is 5.32 Å². The van der Waals surface area contributed by atoms with Crippen molar-refractivity contribution in [1.29, 1.82) is 0 Å². The van der Waals surface area contributed by atoms with Crippen molar-refractivity contribution in [3.8, 4) is 0 Å². The van der Waals surface area contributed by atoms with Crippen LogP contribution in [0.3, 0.4) is 0 Å². The highest BCUT2D eigenvalue weighted by Gasteiger charge is 2.07. The molecule has 0 atom stereocenters. The van der Waals surface area contributed by atoms with Gasteiger partial charge in [-0.15, -0.1) is 0 Å². The second-order valence-corrected chi connectivity index (χ2v) is 4.81. The van der Waals surface area contributed by atoms with E-state index in [-0.39, 0.29) is 6.42 Å². The first-order valence-electron chi connectivity index (χ1n) is 6.04. The summed E-state index contributed by atoms with van der Waals surface area (Å²) >= 11 is 1.32. The van der Waals surface area contributed by atoms with E-state index in [4.69, 9.17) is 5.11 Å². The third-order valence-corrected chi connectivity index (χ3v) is 3.39. The van der Waals surface area contributed by atoms with E-state index in [0.29, 0.717) is 6.54 Å². The molecule has 0 fully saturated rings. The zero-order valence-electron chi connectivity index (χ0n) is 10.6. The lowest BCUT2D eigenvalue weighted by Gasteiger charge is -2.07. The summed E-state index contributed by atoms with van der Waals surface area (Å²) in [7, 11) is 0. The first-order chi connectivity index (χ1) is 9.19. The van der Waals surface area contributed by atoms with Crippen molar-refractivity contribution in [2.75, 3.05) is 5.32 Å². The van der Waals surface area contributed by atoms with Gasteiger partial charge in [0.1, 0.15) is 5.82 Å². The molecule has 0 spiro atoms. The molecular formula is C13H15N3O2S. The Labute approximate surface area is 115 Å². The summed E-state index contributed by atoms with van der Waals surface area (Å²) in [5, 5.41) is 12.8. The molecule has 2 N–H and O–H groups in total. The SMILES string of the molecule is CCc1nsc(NCc2ccccc2CC(=O)O)n1. The number of aromatic nitrogens is 2. The van der Waals surface area contributed by atoms with Gasteiger partial charge in [0, 0.05) is 24.5 Å². The number of nitrogens with one attached hydrogen (secondary N) is 1. The first kappa shape index (κ1) is 13.5. The van der Waals surface area contributed by atoms with Gasteiger partial charge >= 0.3 is 5.97 Å². The molecule has 0 bridgehead atoms. The molecule has 0 aliphatic carbocycles. The minimum Gasteiger partial charge on any atom is -0.481 e. The van der Waals surface area contributed by atoms with E-state index in [1.165, 1.54) is 11.5 Å². The first-order valence-corrected chi connectivity index (χ1v) is 6.81. The second kappa shape index (κ2) is 6.29. The maximum Gasteiger partial charge on any atom is 0.307 e. The summed E-state index contributed by atoms with van der Waals surface area (Å²) in [5.41, 5.74) is 1.79. The molecule has 0 aliphatic rings. The van der Waals surface area contributed by atoms with Gasteiger partial charge in [-0.1, -0.05) is 31.2 Å². The van der Waals surface area contributed by atoms with Crippen molar-refractivity contribution in [3.63, 3.8) is 0 Å². The van der Waals surface area contributed by atoms with Gasteiger partial charge in [0.05, 0.1) is 6.42 Å². The third-order valence-electron chi connectivity index (χ3n) is 2.67. The van der Waals surface area contributed by atoms with E-state index in [0.717, 1.165) is 28.5 Å². The van der Waals surface area contributed by atoms with Crippen molar-refractivity contribution in [3.05, 3.63) is 41.2 Å². The third kappa shape index (κ3) is 3.75. The highest BCUT2D eigenvalue weighted by Crippen LogP contribution is 2.15. The molecule has 100 valence electrons. The molecule has 0 aliphatic heterocycles. The van der Waals surface area contributed by atoms with Gasteiger partial charge in [0.25, 0.3) is 0 Å². The summed E-state index contributed by atoms with van der Waals surface area (Å²) in [6, 6.07) is 7.51. The van der Waals surface area contributed by atoms with Crippen LogP contribution in [-0.2, 0) is 24.2 Å². The van der Waals surface area contributed by atoms with Gasteiger partial charge in [-0.05, 0) is 11.1 Å². The maximum absolute atomic E-state index is 10.8. The molecule has 1 aromatic carbocycles. The minimum absolute atomic E-state index is 0.0359.